The van der Waals surface area contributed by atoms with E-state index in [1.54, 1.807) is 23.5 Å². The summed E-state index contributed by atoms with van der Waals surface area (Å²) in [5.41, 5.74) is 0.821. The van der Waals surface area contributed by atoms with Crippen molar-refractivity contribution in [3.63, 3.8) is 0 Å². The van der Waals surface area contributed by atoms with Crippen LogP contribution in [0.4, 0.5) is 4.39 Å². The van der Waals surface area contributed by atoms with E-state index in [0.29, 0.717) is 18.1 Å². The molecule has 0 saturated heterocycles. The summed E-state index contributed by atoms with van der Waals surface area (Å²) in [6, 6.07) is 9.91. The summed E-state index contributed by atoms with van der Waals surface area (Å²) in [7, 11) is 0. The Hall–Kier alpha value is -1.87. The number of carbonyl (C=O) groups excluding carboxylic acids is 1. The van der Waals surface area contributed by atoms with Crippen LogP contribution in [0.3, 0.4) is 0 Å². The number of carbonyl (C=O) groups is 1. The highest BCUT2D eigenvalue weighted by molar-refractivity contribution is 7.16. The molecule has 0 aliphatic heterocycles. The average Bonchev–Trinajstić information content (AvgIpc) is 3.29. The molecule has 2 heterocycles. The molecule has 1 aromatic carbocycles. The van der Waals surface area contributed by atoms with Gasteiger partial charge in [-0.15, -0.1) is 21.5 Å². The molecule has 27 heavy (non-hydrogen) atoms. The van der Waals surface area contributed by atoms with Gasteiger partial charge in [0.25, 0.3) is 5.91 Å². The topological polar surface area (TPSA) is 58.1 Å². The maximum atomic E-state index is 12.9. The predicted molar refractivity (Wildman–Crippen MR) is 107 cm³/mol. The molecule has 0 unspecified atom stereocenters. The minimum absolute atomic E-state index is 0.281. The molecule has 0 radical (unpaired) electrons. The first-order valence-electron chi connectivity index (χ1n) is 8.35. The summed E-state index contributed by atoms with van der Waals surface area (Å²) in [6.45, 7) is 4.64. The third-order valence-corrected chi connectivity index (χ3v) is 5.96. The summed E-state index contributed by atoms with van der Waals surface area (Å²) in [5.74, 6) is -0.583. The summed E-state index contributed by atoms with van der Waals surface area (Å²) in [5, 5.41) is 12.0. The summed E-state index contributed by atoms with van der Waals surface area (Å²) < 4.78 is 13.7. The van der Waals surface area contributed by atoms with E-state index in [1.807, 2.05) is 12.1 Å². The smallest absolute Gasteiger partial charge is 0.282 e. The molecule has 0 aliphatic rings. The standard InChI is InChI=1S/C18H18ClFN4OS2/c1-2-24(10-14-7-8-15(19)26-14)11-16-22-23-18(27-16)17(25)21-9-12-3-5-13(20)6-4-12/h3-8H,2,9-11H2,1H3,(H,21,25). The Morgan fingerprint density at radius 2 is 1.93 bits per heavy atom. The Kier molecular flexibility index (Phi) is 6.89. The van der Waals surface area contributed by atoms with Crippen LogP contribution in [-0.4, -0.2) is 27.5 Å². The number of nitrogens with zero attached hydrogens (tertiary/aromatic N) is 3. The monoisotopic (exact) mass is 424 g/mol. The number of thiophene rings is 1. The Bertz CT molecular complexity index is 897. The minimum Gasteiger partial charge on any atom is -0.346 e. The molecule has 3 rings (SSSR count). The second-order valence-corrected chi connectivity index (χ2v) is 8.68. The molecule has 2 aromatic heterocycles. The van der Waals surface area contributed by atoms with Crippen LogP contribution in [-0.2, 0) is 19.6 Å². The van der Waals surface area contributed by atoms with Gasteiger partial charge in [0.1, 0.15) is 10.8 Å². The number of rotatable bonds is 8. The number of benzene rings is 1. The highest BCUT2D eigenvalue weighted by Crippen LogP contribution is 2.23. The van der Waals surface area contributed by atoms with Crippen molar-refractivity contribution in [1.29, 1.82) is 0 Å². The SMILES string of the molecule is CCN(Cc1ccc(Cl)s1)Cc1nnc(C(=O)NCc2ccc(F)cc2)s1. The fraction of sp³-hybridized carbons (Fsp3) is 0.278. The summed E-state index contributed by atoms with van der Waals surface area (Å²) in [4.78, 5) is 15.6. The van der Waals surface area contributed by atoms with Crippen molar-refractivity contribution in [2.24, 2.45) is 0 Å². The third-order valence-electron chi connectivity index (χ3n) is 3.84. The molecule has 9 heteroatoms. The van der Waals surface area contributed by atoms with Gasteiger partial charge in [-0.3, -0.25) is 9.69 Å². The van der Waals surface area contributed by atoms with Gasteiger partial charge in [0.15, 0.2) is 0 Å². The second kappa shape index (κ2) is 9.36. The number of halogens is 2. The van der Waals surface area contributed by atoms with Gasteiger partial charge in [-0.25, -0.2) is 4.39 Å². The van der Waals surface area contributed by atoms with Crippen LogP contribution in [0, 0.1) is 5.82 Å². The molecule has 3 aromatic rings. The Labute approximate surface area is 169 Å². The van der Waals surface area contributed by atoms with Crippen LogP contribution in [0.25, 0.3) is 0 Å². The van der Waals surface area contributed by atoms with Crippen molar-refractivity contribution >= 4 is 40.2 Å². The minimum atomic E-state index is -0.302. The van der Waals surface area contributed by atoms with Crippen LogP contribution < -0.4 is 5.32 Å². The van der Waals surface area contributed by atoms with Crippen molar-refractivity contribution in [3.8, 4) is 0 Å². The fourth-order valence-corrected chi connectivity index (χ4v) is 4.33. The van der Waals surface area contributed by atoms with Gasteiger partial charge in [0.05, 0.1) is 10.9 Å². The van der Waals surface area contributed by atoms with Crippen molar-refractivity contribution in [1.82, 2.24) is 20.4 Å². The number of amides is 1. The van der Waals surface area contributed by atoms with Crippen LogP contribution in [0.2, 0.25) is 4.34 Å². The fourth-order valence-electron chi connectivity index (χ4n) is 2.40. The molecule has 142 valence electrons. The van der Waals surface area contributed by atoms with Gasteiger partial charge in [0.2, 0.25) is 5.01 Å². The lowest BCUT2D eigenvalue weighted by molar-refractivity contribution is 0.0950. The Morgan fingerprint density at radius 3 is 2.59 bits per heavy atom. The van der Waals surface area contributed by atoms with Gasteiger partial charge >= 0.3 is 0 Å². The van der Waals surface area contributed by atoms with E-state index in [1.165, 1.54) is 28.3 Å². The van der Waals surface area contributed by atoms with E-state index in [-0.39, 0.29) is 11.7 Å². The van der Waals surface area contributed by atoms with Crippen molar-refractivity contribution in [2.75, 3.05) is 6.54 Å². The summed E-state index contributed by atoms with van der Waals surface area (Å²) in [6.07, 6.45) is 0. The molecule has 0 bridgehead atoms. The molecular formula is C18H18ClFN4OS2. The van der Waals surface area contributed by atoms with Gasteiger partial charge < -0.3 is 5.32 Å². The van der Waals surface area contributed by atoms with Crippen LogP contribution >= 0.6 is 34.3 Å². The first-order valence-corrected chi connectivity index (χ1v) is 10.4. The molecule has 5 nitrogen and oxygen atoms in total. The number of aromatic nitrogens is 2. The van der Waals surface area contributed by atoms with E-state index in [9.17, 15) is 9.18 Å². The highest BCUT2D eigenvalue weighted by atomic mass is 35.5. The van der Waals surface area contributed by atoms with Gasteiger partial charge in [-0.05, 0) is 36.4 Å². The molecule has 0 atom stereocenters. The molecule has 0 spiro atoms. The molecule has 0 saturated carbocycles. The zero-order valence-corrected chi connectivity index (χ0v) is 17.0. The van der Waals surface area contributed by atoms with Crippen LogP contribution in [0.5, 0.6) is 0 Å². The lowest BCUT2D eigenvalue weighted by Gasteiger charge is -2.17. The Morgan fingerprint density at radius 1 is 1.15 bits per heavy atom. The lowest BCUT2D eigenvalue weighted by Crippen LogP contribution is -2.22. The molecule has 0 aliphatic carbocycles. The van der Waals surface area contributed by atoms with Crippen LogP contribution in [0.15, 0.2) is 36.4 Å². The predicted octanol–water partition coefficient (Wildman–Crippen LogP) is 4.34. The quantitative estimate of drug-likeness (QED) is 0.584. The highest BCUT2D eigenvalue weighted by Gasteiger charge is 2.15. The second-order valence-electron chi connectivity index (χ2n) is 5.82. The van der Waals surface area contributed by atoms with E-state index < -0.39 is 0 Å². The molecule has 1 amide bonds. The van der Waals surface area contributed by atoms with E-state index in [0.717, 1.165) is 28.0 Å². The third kappa shape index (κ3) is 5.80. The number of hydrogen-bond donors (Lipinski definition) is 1. The summed E-state index contributed by atoms with van der Waals surface area (Å²) >= 11 is 8.82. The zero-order valence-electron chi connectivity index (χ0n) is 14.6. The van der Waals surface area contributed by atoms with E-state index >= 15 is 0 Å². The molecule has 1 N–H and O–H groups in total. The number of nitrogens with one attached hydrogen (secondary N) is 1. The largest absolute Gasteiger partial charge is 0.346 e. The van der Waals surface area contributed by atoms with Crippen molar-refractivity contribution in [2.45, 2.75) is 26.6 Å². The first-order chi connectivity index (χ1) is 13.0. The first kappa shape index (κ1) is 19.9. The van der Waals surface area contributed by atoms with Gasteiger partial charge in [-0.2, -0.15) is 0 Å². The Balaban J connectivity index is 1.54. The number of hydrogen-bond acceptors (Lipinski definition) is 6. The zero-order chi connectivity index (χ0) is 19.2. The van der Waals surface area contributed by atoms with E-state index in [4.69, 9.17) is 11.6 Å². The van der Waals surface area contributed by atoms with Crippen molar-refractivity contribution in [3.05, 3.63) is 67.0 Å². The maximum absolute atomic E-state index is 12.9. The normalized spacial score (nSPS) is 11.1. The van der Waals surface area contributed by atoms with E-state index in [2.05, 4.69) is 27.3 Å². The van der Waals surface area contributed by atoms with Crippen LogP contribution in [0.1, 0.15) is 32.2 Å². The van der Waals surface area contributed by atoms with Gasteiger partial charge in [-0.1, -0.05) is 42.0 Å². The van der Waals surface area contributed by atoms with Crippen molar-refractivity contribution < 1.29 is 9.18 Å². The molecular weight excluding hydrogens is 407 g/mol. The van der Waals surface area contributed by atoms with Gasteiger partial charge in [0, 0.05) is 18.0 Å². The average molecular weight is 425 g/mol. The maximum Gasteiger partial charge on any atom is 0.282 e. The molecule has 0 fully saturated rings. The lowest BCUT2D eigenvalue weighted by atomic mass is 10.2.